The Labute approximate surface area is 199 Å². The average Bonchev–Trinajstić information content (AvgIpc) is 3.24. The Morgan fingerprint density at radius 1 is 1.06 bits per heavy atom. The van der Waals surface area contributed by atoms with Gasteiger partial charge in [0.15, 0.2) is 0 Å². The molecule has 2 N–H and O–H groups in total. The van der Waals surface area contributed by atoms with Gasteiger partial charge in [0.05, 0.1) is 6.54 Å². The monoisotopic (exact) mass is 461 g/mol. The second-order valence-electron chi connectivity index (χ2n) is 9.28. The van der Waals surface area contributed by atoms with E-state index in [1.807, 2.05) is 29.4 Å². The molecule has 2 aliphatic rings. The number of piperazine rings is 1. The number of likely N-dealkylation sites (tertiary alicyclic amines) is 1. The Hall–Kier alpha value is -3.46. The van der Waals surface area contributed by atoms with Gasteiger partial charge in [0.2, 0.25) is 17.8 Å². The maximum atomic E-state index is 12.8. The lowest BCUT2D eigenvalue weighted by molar-refractivity contribution is -0.134. The van der Waals surface area contributed by atoms with Gasteiger partial charge in [-0.05, 0) is 35.6 Å². The maximum Gasteiger partial charge on any atom is 0.248 e. The Balaban J connectivity index is 1.08. The molecule has 0 aliphatic carbocycles. The van der Waals surface area contributed by atoms with Crippen molar-refractivity contribution < 1.29 is 9.59 Å². The second kappa shape index (κ2) is 9.42. The lowest BCUT2D eigenvalue weighted by atomic mass is 10.00. The van der Waals surface area contributed by atoms with E-state index in [1.54, 1.807) is 6.07 Å². The number of aryl methyl sites for hydroxylation is 1. The molecule has 0 atom stereocenters. The third kappa shape index (κ3) is 4.61. The molecule has 0 spiro atoms. The molecular weight excluding hydrogens is 430 g/mol. The van der Waals surface area contributed by atoms with E-state index in [1.165, 1.54) is 0 Å². The van der Waals surface area contributed by atoms with Gasteiger partial charge in [0, 0.05) is 81.4 Å². The molecule has 1 aromatic carbocycles. The Kier molecular flexibility index (Phi) is 6.19. The predicted octanol–water partition coefficient (Wildman–Crippen LogP) is 1.37. The zero-order valence-electron chi connectivity index (χ0n) is 19.6. The normalized spacial score (nSPS) is 17.2. The third-order valence-corrected chi connectivity index (χ3v) is 6.92. The molecule has 0 bridgehead atoms. The largest absolute Gasteiger partial charge is 0.366 e. The summed E-state index contributed by atoms with van der Waals surface area (Å²) in [7, 11) is 0. The van der Waals surface area contributed by atoms with Crippen molar-refractivity contribution in [2.75, 3.05) is 50.7 Å². The van der Waals surface area contributed by atoms with E-state index in [2.05, 4.69) is 43.5 Å². The van der Waals surface area contributed by atoms with E-state index >= 15 is 0 Å². The average molecular weight is 462 g/mol. The van der Waals surface area contributed by atoms with Crippen LogP contribution in [-0.4, -0.2) is 82.0 Å². The first-order chi connectivity index (χ1) is 16.5. The highest BCUT2D eigenvalue weighted by atomic mass is 16.2. The zero-order chi connectivity index (χ0) is 23.7. The van der Waals surface area contributed by atoms with Crippen molar-refractivity contribution in [1.29, 1.82) is 0 Å². The third-order valence-electron chi connectivity index (χ3n) is 6.92. The van der Waals surface area contributed by atoms with Crippen LogP contribution in [0.2, 0.25) is 0 Å². The van der Waals surface area contributed by atoms with Gasteiger partial charge in [-0.15, -0.1) is 0 Å². The summed E-state index contributed by atoms with van der Waals surface area (Å²) in [5, 5.41) is 1.10. The van der Waals surface area contributed by atoms with Gasteiger partial charge in [-0.1, -0.05) is 13.0 Å². The molecule has 9 nitrogen and oxygen atoms in total. The molecule has 34 heavy (non-hydrogen) atoms. The van der Waals surface area contributed by atoms with Crippen LogP contribution in [0.3, 0.4) is 0 Å². The van der Waals surface area contributed by atoms with Crippen LogP contribution >= 0.6 is 0 Å². The van der Waals surface area contributed by atoms with Gasteiger partial charge < -0.3 is 20.1 Å². The second-order valence-corrected chi connectivity index (χ2v) is 9.28. The highest BCUT2D eigenvalue weighted by Gasteiger charge is 2.31. The molecule has 0 unspecified atom stereocenters. The van der Waals surface area contributed by atoms with E-state index in [0.717, 1.165) is 61.6 Å². The van der Waals surface area contributed by atoms with Crippen molar-refractivity contribution in [1.82, 2.24) is 24.3 Å². The number of nitrogens with zero attached hydrogens (tertiary/aromatic N) is 6. The fraction of sp³-hybridized carbons (Fsp3) is 0.440. The van der Waals surface area contributed by atoms with Gasteiger partial charge in [-0.2, -0.15) is 0 Å². The van der Waals surface area contributed by atoms with E-state index in [4.69, 9.17) is 5.73 Å². The molecular formula is C25H31N7O2. The van der Waals surface area contributed by atoms with Gasteiger partial charge in [-0.25, -0.2) is 9.97 Å². The molecule has 178 valence electrons. The van der Waals surface area contributed by atoms with Crippen LogP contribution < -0.4 is 10.6 Å². The molecule has 2 aliphatic heterocycles. The number of anilines is 1. The number of primary amides is 1. The van der Waals surface area contributed by atoms with Crippen LogP contribution in [0.4, 0.5) is 5.95 Å². The highest BCUT2D eigenvalue weighted by Crippen LogP contribution is 2.23. The quantitative estimate of drug-likeness (QED) is 0.571. The summed E-state index contributed by atoms with van der Waals surface area (Å²) in [6.45, 7) is 8.15. The smallest absolute Gasteiger partial charge is 0.248 e. The standard InChI is InChI=1S/C25H31N7O2/c1-2-18-12-27-25(28-13-18)31-9-7-30(8-10-31)23(33)17-29-14-19(15-29)16-32-6-5-20-3-4-21(24(26)34)11-22(20)32/h3-6,11-13,19H,2,7-10,14-17H2,1H3,(H2,26,34). The molecule has 2 fully saturated rings. The number of rotatable bonds is 7. The molecule has 2 aromatic heterocycles. The van der Waals surface area contributed by atoms with Crippen LogP contribution in [-0.2, 0) is 17.8 Å². The van der Waals surface area contributed by atoms with E-state index in [-0.39, 0.29) is 5.91 Å². The summed E-state index contributed by atoms with van der Waals surface area (Å²) < 4.78 is 2.18. The molecule has 9 heteroatoms. The SMILES string of the molecule is CCc1cnc(N2CCN(C(=O)CN3CC(Cn4ccc5ccc(C(N)=O)cc54)C3)CC2)nc1. The molecule has 0 saturated carbocycles. The topological polar surface area (TPSA) is 101 Å². The van der Waals surface area contributed by atoms with E-state index in [9.17, 15) is 9.59 Å². The molecule has 3 aromatic rings. The summed E-state index contributed by atoms with van der Waals surface area (Å²) >= 11 is 0. The first-order valence-corrected chi connectivity index (χ1v) is 11.9. The van der Waals surface area contributed by atoms with Crippen molar-refractivity contribution in [3.63, 3.8) is 0 Å². The van der Waals surface area contributed by atoms with Crippen molar-refractivity contribution >= 4 is 28.7 Å². The first-order valence-electron chi connectivity index (χ1n) is 11.9. The molecule has 5 rings (SSSR count). The Morgan fingerprint density at radius 2 is 1.79 bits per heavy atom. The number of fused-ring (bicyclic) bond motifs is 1. The molecule has 2 amide bonds. The minimum Gasteiger partial charge on any atom is -0.366 e. The number of amides is 2. The van der Waals surface area contributed by atoms with E-state index < -0.39 is 5.91 Å². The van der Waals surface area contributed by atoms with Gasteiger partial charge in [0.25, 0.3) is 0 Å². The lowest BCUT2D eigenvalue weighted by Gasteiger charge is -2.41. The summed E-state index contributed by atoms with van der Waals surface area (Å²) in [5.74, 6) is 1.01. The van der Waals surface area contributed by atoms with Crippen LogP contribution in [0.25, 0.3) is 10.9 Å². The molecule has 4 heterocycles. The van der Waals surface area contributed by atoms with Crippen molar-refractivity contribution in [2.45, 2.75) is 19.9 Å². The summed E-state index contributed by atoms with van der Waals surface area (Å²) in [6.07, 6.45) is 6.75. The van der Waals surface area contributed by atoms with E-state index in [0.29, 0.717) is 31.1 Å². The number of hydrogen-bond donors (Lipinski definition) is 1. The fourth-order valence-corrected chi connectivity index (χ4v) is 4.84. The lowest BCUT2D eigenvalue weighted by Crippen LogP contribution is -2.55. The van der Waals surface area contributed by atoms with Crippen LogP contribution in [0, 0.1) is 5.92 Å². The number of benzene rings is 1. The van der Waals surface area contributed by atoms with Crippen molar-refractivity contribution in [3.8, 4) is 0 Å². The molecule has 2 saturated heterocycles. The molecule has 0 radical (unpaired) electrons. The fourth-order valence-electron chi connectivity index (χ4n) is 4.84. The predicted molar refractivity (Wildman–Crippen MR) is 131 cm³/mol. The zero-order valence-corrected chi connectivity index (χ0v) is 19.6. The number of aromatic nitrogens is 3. The number of carbonyl (C=O) groups is 2. The minimum atomic E-state index is -0.411. The number of nitrogens with two attached hydrogens (primary N) is 1. The van der Waals surface area contributed by atoms with Gasteiger partial charge in [0.1, 0.15) is 0 Å². The van der Waals surface area contributed by atoms with Gasteiger partial charge >= 0.3 is 0 Å². The summed E-state index contributed by atoms with van der Waals surface area (Å²) in [4.78, 5) is 39.6. The number of carbonyl (C=O) groups excluding carboxylic acids is 2. The van der Waals surface area contributed by atoms with Crippen molar-refractivity contribution in [2.24, 2.45) is 11.7 Å². The maximum absolute atomic E-state index is 12.8. The number of hydrogen-bond acceptors (Lipinski definition) is 6. The van der Waals surface area contributed by atoms with Crippen LogP contribution in [0.15, 0.2) is 42.9 Å². The Morgan fingerprint density at radius 3 is 2.47 bits per heavy atom. The Bertz CT molecular complexity index is 1180. The van der Waals surface area contributed by atoms with Crippen molar-refractivity contribution in [3.05, 3.63) is 54.0 Å². The summed E-state index contributed by atoms with van der Waals surface area (Å²) in [6, 6.07) is 7.62. The first kappa shape index (κ1) is 22.3. The van der Waals surface area contributed by atoms with Crippen LogP contribution in [0.5, 0.6) is 0 Å². The highest BCUT2D eigenvalue weighted by molar-refractivity contribution is 5.97. The summed E-state index contributed by atoms with van der Waals surface area (Å²) in [5.41, 5.74) is 8.12. The van der Waals surface area contributed by atoms with Crippen LogP contribution in [0.1, 0.15) is 22.8 Å². The van der Waals surface area contributed by atoms with Gasteiger partial charge in [-0.3, -0.25) is 14.5 Å². The minimum absolute atomic E-state index is 0.192.